The zero-order chi connectivity index (χ0) is 17.5. The van der Waals surface area contributed by atoms with Crippen LogP contribution < -0.4 is 10.1 Å². The summed E-state index contributed by atoms with van der Waals surface area (Å²) in [5, 5.41) is 12.6. The van der Waals surface area contributed by atoms with Gasteiger partial charge in [0, 0.05) is 18.9 Å². The lowest BCUT2D eigenvalue weighted by Crippen LogP contribution is -2.28. The molecule has 1 aromatic carbocycles. The molecule has 0 saturated heterocycles. The molecule has 0 aliphatic heterocycles. The van der Waals surface area contributed by atoms with Gasteiger partial charge in [-0.25, -0.2) is 0 Å². The average molecular weight is 340 g/mol. The van der Waals surface area contributed by atoms with Crippen LogP contribution in [0.25, 0.3) is 0 Å². The van der Waals surface area contributed by atoms with Gasteiger partial charge in [0.25, 0.3) is 0 Å². The summed E-state index contributed by atoms with van der Waals surface area (Å²) < 4.78 is 5.76. The molecule has 2 atom stereocenters. The van der Waals surface area contributed by atoms with Gasteiger partial charge in [-0.05, 0) is 60.7 Å². The van der Waals surface area contributed by atoms with Gasteiger partial charge in [0.1, 0.15) is 12.4 Å². The van der Waals surface area contributed by atoms with Gasteiger partial charge >= 0.3 is 5.97 Å². The van der Waals surface area contributed by atoms with Crippen molar-refractivity contribution in [2.45, 2.75) is 32.4 Å². The molecule has 1 aromatic heterocycles. The summed E-state index contributed by atoms with van der Waals surface area (Å²) in [5.41, 5.74) is 2.26. The summed E-state index contributed by atoms with van der Waals surface area (Å²) in [5.74, 6) is 0.249. The van der Waals surface area contributed by atoms with Gasteiger partial charge in [0.05, 0.1) is 5.92 Å². The number of benzene rings is 1. The van der Waals surface area contributed by atoms with Crippen LogP contribution in [0.5, 0.6) is 5.75 Å². The number of nitrogens with one attached hydrogen (secondary N) is 1. The number of hydrogen-bond donors (Lipinski definition) is 2. The molecule has 0 amide bonds. The van der Waals surface area contributed by atoms with Crippen molar-refractivity contribution in [1.82, 2.24) is 10.3 Å². The molecule has 0 spiro atoms. The lowest BCUT2D eigenvalue weighted by molar-refractivity contribution is -0.142. The van der Waals surface area contributed by atoms with Gasteiger partial charge < -0.3 is 15.2 Å². The SMILES string of the molecule is O=C(O)[C@@H]1CCC[C@@H]1CNCc1ccc(OCc2ccncc2)cc1. The van der Waals surface area contributed by atoms with Crippen molar-refractivity contribution < 1.29 is 14.6 Å². The van der Waals surface area contributed by atoms with E-state index in [1.165, 1.54) is 5.56 Å². The highest BCUT2D eigenvalue weighted by Crippen LogP contribution is 2.31. The van der Waals surface area contributed by atoms with Crippen molar-refractivity contribution >= 4 is 5.97 Å². The third-order valence-electron chi connectivity index (χ3n) is 4.79. The van der Waals surface area contributed by atoms with E-state index in [2.05, 4.69) is 10.3 Å². The van der Waals surface area contributed by atoms with Crippen LogP contribution in [-0.4, -0.2) is 22.6 Å². The largest absolute Gasteiger partial charge is 0.489 e. The molecule has 0 bridgehead atoms. The number of ether oxygens (including phenoxy) is 1. The molecular formula is C20H24N2O3. The van der Waals surface area contributed by atoms with Gasteiger partial charge in [-0.1, -0.05) is 18.6 Å². The quantitative estimate of drug-likeness (QED) is 0.772. The van der Waals surface area contributed by atoms with E-state index in [1.807, 2.05) is 36.4 Å². The van der Waals surface area contributed by atoms with Crippen LogP contribution in [0, 0.1) is 11.8 Å². The Hall–Kier alpha value is -2.40. The number of pyridine rings is 1. The van der Waals surface area contributed by atoms with E-state index >= 15 is 0 Å². The third-order valence-corrected chi connectivity index (χ3v) is 4.79. The van der Waals surface area contributed by atoms with Gasteiger partial charge in [0.2, 0.25) is 0 Å². The molecule has 1 aliphatic carbocycles. The summed E-state index contributed by atoms with van der Waals surface area (Å²) >= 11 is 0. The highest BCUT2D eigenvalue weighted by atomic mass is 16.5. The first-order chi connectivity index (χ1) is 12.2. The van der Waals surface area contributed by atoms with E-state index in [0.29, 0.717) is 6.61 Å². The molecule has 2 N–H and O–H groups in total. The van der Waals surface area contributed by atoms with Crippen LogP contribution in [-0.2, 0) is 17.9 Å². The molecule has 3 rings (SSSR count). The summed E-state index contributed by atoms with van der Waals surface area (Å²) in [6, 6.07) is 11.9. The molecule has 25 heavy (non-hydrogen) atoms. The minimum atomic E-state index is -0.653. The van der Waals surface area contributed by atoms with Crippen molar-refractivity contribution in [2.24, 2.45) is 11.8 Å². The maximum atomic E-state index is 11.2. The molecule has 1 aliphatic rings. The van der Waals surface area contributed by atoms with Gasteiger partial charge in [-0.2, -0.15) is 0 Å². The smallest absolute Gasteiger partial charge is 0.306 e. The number of carboxylic acid groups (broad SMARTS) is 1. The molecule has 132 valence electrons. The molecule has 0 unspecified atom stereocenters. The highest BCUT2D eigenvalue weighted by molar-refractivity contribution is 5.70. The second-order valence-corrected chi connectivity index (χ2v) is 6.55. The Morgan fingerprint density at radius 3 is 2.60 bits per heavy atom. The first-order valence-corrected chi connectivity index (χ1v) is 8.76. The van der Waals surface area contributed by atoms with Crippen molar-refractivity contribution in [2.75, 3.05) is 6.54 Å². The van der Waals surface area contributed by atoms with Crippen LogP contribution in [0.4, 0.5) is 0 Å². The van der Waals surface area contributed by atoms with Gasteiger partial charge in [-0.3, -0.25) is 9.78 Å². The zero-order valence-corrected chi connectivity index (χ0v) is 14.2. The van der Waals surface area contributed by atoms with E-state index in [-0.39, 0.29) is 11.8 Å². The number of carbonyl (C=O) groups is 1. The van der Waals surface area contributed by atoms with E-state index < -0.39 is 5.97 Å². The Kier molecular flexibility index (Phi) is 6.01. The Balaban J connectivity index is 1.42. The topological polar surface area (TPSA) is 71.5 Å². The molecule has 5 nitrogen and oxygen atoms in total. The molecule has 1 fully saturated rings. The number of hydrogen-bond acceptors (Lipinski definition) is 4. The monoisotopic (exact) mass is 340 g/mol. The van der Waals surface area contributed by atoms with E-state index in [0.717, 1.165) is 43.7 Å². The Bertz CT molecular complexity index is 673. The number of nitrogens with zero attached hydrogens (tertiary/aromatic N) is 1. The zero-order valence-electron chi connectivity index (χ0n) is 14.2. The predicted octanol–water partition coefficient (Wildman–Crippen LogP) is 3.25. The van der Waals surface area contributed by atoms with Crippen molar-refractivity contribution in [3.63, 3.8) is 0 Å². The van der Waals surface area contributed by atoms with E-state index in [4.69, 9.17) is 4.74 Å². The molecule has 0 radical (unpaired) electrons. The van der Waals surface area contributed by atoms with E-state index in [1.54, 1.807) is 12.4 Å². The van der Waals surface area contributed by atoms with Crippen molar-refractivity contribution in [3.05, 3.63) is 59.9 Å². The van der Waals surface area contributed by atoms with Crippen LogP contribution in [0.2, 0.25) is 0 Å². The van der Waals surface area contributed by atoms with Crippen LogP contribution >= 0.6 is 0 Å². The summed E-state index contributed by atoms with van der Waals surface area (Å²) in [4.78, 5) is 15.2. The maximum Gasteiger partial charge on any atom is 0.306 e. The number of rotatable bonds is 8. The maximum absolute atomic E-state index is 11.2. The van der Waals surface area contributed by atoms with Crippen molar-refractivity contribution in [1.29, 1.82) is 0 Å². The Labute approximate surface area is 148 Å². The minimum absolute atomic E-state index is 0.184. The van der Waals surface area contributed by atoms with E-state index in [9.17, 15) is 9.90 Å². The summed E-state index contributed by atoms with van der Waals surface area (Å²) in [6.07, 6.45) is 6.35. The summed E-state index contributed by atoms with van der Waals surface area (Å²) in [6.45, 7) is 2.03. The fourth-order valence-electron chi connectivity index (χ4n) is 3.36. The normalized spacial score (nSPS) is 19.7. The Morgan fingerprint density at radius 1 is 1.12 bits per heavy atom. The van der Waals surface area contributed by atoms with Crippen LogP contribution in [0.3, 0.4) is 0 Å². The third kappa shape index (κ3) is 5.03. The number of aliphatic carboxylic acids is 1. The molecule has 5 heteroatoms. The molecule has 1 saturated carbocycles. The molecule has 1 heterocycles. The average Bonchev–Trinajstić information content (AvgIpc) is 3.11. The standard InChI is InChI=1S/C20H24N2O3/c23-20(24)19-3-1-2-17(19)13-22-12-15-4-6-18(7-5-15)25-14-16-8-10-21-11-9-16/h4-11,17,19,22H,1-3,12-14H2,(H,23,24)/t17-,19-/m1/s1. The van der Waals surface area contributed by atoms with Crippen LogP contribution in [0.1, 0.15) is 30.4 Å². The summed E-state index contributed by atoms with van der Waals surface area (Å²) in [7, 11) is 0. The highest BCUT2D eigenvalue weighted by Gasteiger charge is 2.32. The van der Waals surface area contributed by atoms with Crippen molar-refractivity contribution in [3.8, 4) is 5.75 Å². The minimum Gasteiger partial charge on any atom is -0.489 e. The lowest BCUT2D eigenvalue weighted by Gasteiger charge is -2.16. The fraction of sp³-hybridized carbons (Fsp3) is 0.400. The number of aromatic nitrogens is 1. The second kappa shape index (κ2) is 8.62. The lowest BCUT2D eigenvalue weighted by atomic mass is 9.96. The number of carboxylic acids is 1. The Morgan fingerprint density at radius 2 is 1.88 bits per heavy atom. The first kappa shape index (κ1) is 17.4. The second-order valence-electron chi connectivity index (χ2n) is 6.55. The predicted molar refractivity (Wildman–Crippen MR) is 95.2 cm³/mol. The molecular weight excluding hydrogens is 316 g/mol. The van der Waals surface area contributed by atoms with Gasteiger partial charge in [0.15, 0.2) is 0 Å². The fourth-order valence-corrected chi connectivity index (χ4v) is 3.36. The van der Waals surface area contributed by atoms with Crippen LogP contribution in [0.15, 0.2) is 48.8 Å². The van der Waals surface area contributed by atoms with Gasteiger partial charge in [-0.15, -0.1) is 0 Å². The first-order valence-electron chi connectivity index (χ1n) is 8.76. The molecule has 2 aromatic rings.